The molecule has 2 N–H and O–H groups in total. The van der Waals surface area contributed by atoms with E-state index < -0.39 is 16.1 Å². The van der Waals surface area contributed by atoms with Crippen LogP contribution >= 0.6 is 12.4 Å². The number of hydrogen-bond acceptors (Lipinski definition) is 3. The average molecular weight is 565 g/mol. The normalized spacial score (nSPS) is 15.3. The molecule has 0 aromatic heterocycles. The van der Waals surface area contributed by atoms with Crippen molar-refractivity contribution in [2.75, 3.05) is 6.54 Å². The van der Waals surface area contributed by atoms with Crippen molar-refractivity contribution in [2.24, 2.45) is 0 Å². The Morgan fingerprint density at radius 1 is 0.744 bits per heavy atom. The van der Waals surface area contributed by atoms with Gasteiger partial charge < -0.3 is 5.32 Å². The van der Waals surface area contributed by atoms with E-state index in [4.69, 9.17) is 0 Å². The van der Waals surface area contributed by atoms with E-state index in [0.29, 0.717) is 0 Å². The molecule has 0 saturated heterocycles. The fraction of sp³-hybridized carbons (Fsp3) is 0.333. The highest BCUT2D eigenvalue weighted by atomic mass is 35.5. The van der Waals surface area contributed by atoms with E-state index in [1.165, 1.54) is 11.1 Å². The van der Waals surface area contributed by atoms with Crippen LogP contribution in [-0.4, -0.2) is 15.0 Å². The number of benzene rings is 3. The van der Waals surface area contributed by atoms with E-state index in [-0.39, 0.29) is 23.3 Å². The highest BCUT2D eigenvalue weighted by molar-refractivity contribution is 7.89. The smallest absolute Gasteiger partial charge is 0.241 e. The van der Waals surface area contributed by atoms with Gasteiger partial charge in [0, 0.05) is 0 Å². The zero-order chi connectivity index (χ0) is 27.0. The van der Waals surface area contributed by atoms with Gasteiger partial charge in [0.25, 0.3) is 0 Å². The minimum absolute atomic E-state index is 0. The van der Waals surface area contributed by atoms with Crippen LogP contribution in [-0.2, 0) is 10.0 Å². The predicted octanol–water partition coefficient (Wildman–Crippen LogP) is 7.99. The molecule has 0 unspecified atom stereocenters. The molecule has 0 fully saturated rings. The van der Waals surface area contributed by atoms with Crippen LogP contribution in [0.15, 0.2) is 113 Å². The lowest BCUT2D eigenvalue weighted by atomic mass is 9.91. The third kappa shape index (κ3) is 8.64. The highest BCUT2D eigenvalue weighted by Crippen LogP contribution is 2.31. The first kappa shape index (κ1) is 30.8. The number of aryl methyl sites for hydroxylation is 1. The lowest BCUT2D eigenvalue weighted by Gasteiger charge is -2.30. The number of rotatable bonds is 12. The summed E-state index contributed by atoms with van der Waals surface area (Å²) in [4.78, 5) is 0.274. The van der Waals surface area contributed by atoms with Gasteiger partial charge in [-0.15, -0.1) is 12.4 Å². The highest BCUT2D eigenvalue weighted by Gasteiger charge is 2.29. The third-order valence-electron chi connectivity index (χ3n) is 7.47. The van der Waals surface area contributed by atoms with Crippen molar-refractivity contribution in [2.45, 2.75) is 69.9 Å². The van der Waals surface area contributed by atoms with Crippen LogP contribution in [0.25, 0.3) is 0 Å². The lowest BCUT2D eigenvalue weighted by Crippen LogP contribution is -2.39. The molecule has 3 aromatic rings. The zero-order valence-electron chi connectivity index (χ0n) is 23.2. The Balaban J connectivity index is 0.00000420. The monoisotopic (exact) mass is 564 g/mol. The predicted molar refractivity (Wildman–Crippen MR) is 165 cm³/mol. The quantitative estimate of drug-likeness (QED) is 0.173. The molecule has 1 aliphatic rings. The lowest BCUT2D eigenvalue weighted by molar-refractivity contribution is 0.417. The van der Waals surface area contributed by atoms with Crippen LogP contribution in [0.1, 0.15) is 74.7 Å². The SMILES string of the molecule is CC1=C(C)CC(CCCCN[C@H](c2ccccc2)[C@@H](NS(=O)(=O)c2ccc(C)cc2)c2ccccc2)=CC1.Cl. The van der Waals surface area contributed by atoms with Crippen molar-refractivity contribution in [3.05, 3.63) is 124 Å². The maximum atomic E-state index is 13.5. The van der Waals surface area contributed by atoms with E-state index >= 15 is 0 Å². The van der Waals surface area contributed by atoms with Crippen molar-refractivity contribution in [1.29, 1.82) is 0 Å². The first-order chi connectivity index (χ1) is 18.3. The summed E-state index contributed by atoms with van der Waals surface area (Å²) in [6.07, 6.45) is 7.82. The number of unbranched alkanes of at least 4 members (excludes halogenated alkanes) is 1. The number of halogens is 1. The van der Waals surface area contributed by atoms with Crippen LogP contribution in [0.3, 0.4) is 0 Å². The molecule has 4 rings (SSSR count). The Kier molecular flexibility index (Phi) is 11.6. The first-order valence-corrected chi connectivity index (χ1v) is 15.1. The molecule has 0 aliphatic heterocycles. The minimum Gasteiger partial charge on any atom is -0.308 e. The summed E-state index contributed by atoms with van der Waals surface area (Å²) >= 11 is 0. The van der Waals surface area contributed by atoms with Gasteiger partial charge in [0.05, 0.1) is 17.0 Å². The summed E-state index contributed by atoms with van der Waals surface area (Å²) in [6.45, 7) is 7.23. The van der Waals surface area contributed by atoms with Gasteiger partial charge in [0.2, 0.25) is 10.0 Å². The Hall–Kier alpha value is -2.70. The van der Waals surface area contributed by atoms with Crippen LogP contribution in [0, 0.1) is 6.92 Å². The Morgan fingerprint density at radius 2 is 1.33 bits per heavy atom. The van der Waals surface area contributed by atoms with Crippen LogP contribution in [0.4, 0.5) is 0 Å². The second-order valence-electron chi connectivity index (χ2n) is 10.4. The maximum absolute atomic E-state index is 13.5. The van der Waals surface area contributed by atoms with Gasteiger partial charge >= 0.3 is 0 Å². The zero-order valence-corrected chi connectivity index (χ0v) is 24.8. The number of allylic oxidation sites excluding steroid dienone is 4. The van der Waals surface area contributed by atoms with E-state index in [1.54, 1.807) is 17.7 Å². The van der Waals surface area contributed by atoms with E-state index in [0.717, 1.165) is 55.3 Å². The molecule has 0 spiro atoms. The van der Waals surface area contributed by atoms with Crippen molar-refractivity contribution in [1.82, 2.24) is 10.0 Å². The van der Waals surface area contributed by atoms with Gasteiger partial charge in [-0.25, -0.2) is 13.1 Å². The maximum Gasteiger partial charge on any atom is 0.241 e. The standard InChI is InChI=1S/C33H40N2O2S.ClH/c1-25-17-21-31(22-18-25)38(36,37)35-33(30-15-8-5-9-16-30)32(29-13-6-4-7-14-29)34-23-11-10-12-28-20-19-26(2)27(3)24-28;/h4-9,13-18,20-22,32-35H,10-12,19,23-24H2,1-3H3;1H/t32-,33+;/m1./s1. The number of sulfonamides is 1. The molecule has 0 bridgehead atoms. The molecule has 0 radical (unpaired) electrons. The minimum atomic E-state index is -3.74. The molecule has 0 saturated carbocycles. The number of nitrogens with one attached hydrogen (secondary N) is 2. The molecule has 0 heterocycles. The first-order valence-electron chi connectivity index (χ1n) is 13.6. The van der Waals surface area contributed by atoms with Crippen LogP contribution in [0.5, 0.6) is 0 Å². The molecule has 0 amide bonds. The molecule has 1 aliphatic carbocycles. The third-order valence-corrected chi connectivity index (χ3v) is 8.93. The fourth-order valence-corrected chi connectivity index (χ4v) is 6.23. The summed E-state index contributed by atoms with van der Waals surface area (Å²) in [7, 11) is -3.74. The Bertz CT molecular complexity index is 1350. The van der Waals surface area contributed by atoms with Crippen molar-refractivity contribution >= 4 is 22.4 Å². The molecule has 39 heavy (non-hydrogen) atoms. The van der Waals surface area contributed by atoms with Gasteiger partial charge in [-0.2, -0.15) is 0 Å². The molecule has 2 atom stereocenters. The van der Waals surface area contributed by atoms with E-state index in [1.807, 2.05) is 67.6 Å². The molecule has 6 heteroatoms. The Morgan fingerprint density at radius 3 is 1.92 bits per heavy atom. The van der Waals surface area contributed by atoms with Crippen molar-refractivity contribution in [3.8, 4) is 0 Å². The fourth-order valence-electron chi connectivity index (χ4n) is 4.99. The molecule has 3 aromatic carbocycles. The molecular formula is C33H41ClN2O2S. The van der Waals surface area contributed by atoms with Gasteiger partial charge in [-0.3, -0.25) is 0 Å². The second-order valence-corrected chi connectivity index (χ2v) is 12.1. The molecule has 4 nitrogen and oxygen atoms in total. The summed E-state index contributed by atoms with van der Waals surface area (Å²) in [6, 6.07) is 26.3. The molecular weight excluding hydrogens is 524 g/mol. The van der Waals surface area contributed by atoms with Crippen LogP contribution in [0.2, 0.25) is 0 Å². The number of hydrogen-bond donors (Lipinski definition) is 2. The van der Waals surface area contributed by atoms with Gasteiger partial charge in [-0.1, -0.05) is 101 Å². The van der Waals surface area contributed by atoms with Crippen molar-refractivity contribution < 1.29 is 8.42 Å². The van der Waals surface area contributed by atoms with Gasteiger partial charge in [-0.05, 0) is 82.7 Å². The molecule has 208 valence electrons. The summed E-state index contributed by atoms with van der Waals surface area (Å²) < 4.78 is 30.1. The van der Waals surface area contributed by atoms with Crippen molar-refractivity contribution in [3.63, 3.8) is 0 Å². The van der Waals surface area contributed by atoms with E-state index in [9.17, 15) is 8.42 Å². The average Bonchev–Trinajstić information content (AvgIpc) is 2.93. The topological polar surface area (TPSA) is 58.2 Å². The van der Waals surface area contributed by atoms with Gasteiger partial charge in [0.1, 0.15) is 0 Å². The van der Waals surface area contributed by atoms with Gasteiger partial charge in [0.15, 0.2) is 0 Å². The second kappa shape index (κ2) is 14.6. The summed E-state index contributed by atoms with van der Waals surface area (Å²) in [5.41, 5.74) is 7.56. The van der Waals surface area contributed by atoms with E-state index in [2.05, 4.69) is 42.1 Å². The Labute approximate surface area is 241 Å². The summed E-state index contributed by atoms with van der Waals surface area (Å²) in [5, 5.41) is 3.72. The van der Waals surface area contributed by atoms with Crippen LogP contribution < -0.4 is 10.0 Å². The largest absolute Gasteiger partial charge is 0.308 e. The summed E-state index contributed by atoms with van der Waals surface area (Å²) in [5.74, 6) is 0.